The minimum atomic E-state index is -5.05. The SMILES string of the molecule is F.F.O=P(O)(O)OP(=O)(O)O. The Morgan fingerprint density at radius 3 is 1.00 bits per heavy atom. The first kappa shape index (κ1) is 17.3. The molecular formula is H6F2O7P2. The van der Waals surface area contributed by atoms with Crippen molar-refractivity contribution in [3.05, 3.63) is 0 Å². The molecule has 72 valence electrons. The lowest BCUT2D eigenvalue weighted by Gasteiger charge is -2.03. The minimum Gasteiger partial charge on any atom is -0.302 e. The molecule has 0 aliphatic heterocycles. The third kappa shape index (κ3) is 17.8. The Bertz CT molecular complexity index is 155. The van der Waals surface area contributed by atoms with Crippen molar-refractivity contribution < 1.29 is 42.4 Å². The number of rotatable bonds is 2. The highest BCUT2D eigenvalue weighted by atomic mass is 31.3. The zero-order valence-corrected chi connectivity index (χ0v) is 6.51. The van der Waals surface area contributed by atoms with E-state index in [4.69, 9.17) is 19.6 Å². The summed E-state index contributed by atoms with van der Waals surface area (Å²) in [6, 6.07) is 0. The van der Waals surface area contributed by atoms with Gasteiger partial charge in [0, 0.05) is 0 Å². The van der Waals surface area contributed by atoms with Crippen molar-refractivity contribution in [1.82, 2.24) is 0 Å². The van der Waals surface area contributed by atoms with Gasteiger partial charge >= 0.3 is 15.6 Å². The standard InChI is InChI=1S/2FH.H4O7P2/c;;1-8(2,3)7-9(4,5)6/h2*1H;(H2,1,2,3)(H2,4,5,6). The van der Waals surface area contributed by atoms with Gasteiger partial charge in [-0.1, -0.05) is 0 Å². The van der Waals surface area contributed by atoms with Crippen LogP contribution >= 0.6 is 15.6 Å². The number of phosphoric acid groups is 2. The van der Waals surface area contributed by atoms with E-state index in [1.165, 1.54) is 0 Å². The Balaban J connectivity index is -0.000000320. The third-order valence-electron chi connectivity index (χ3n) is 0.213. The Kier molecular flexibility index (Phi) is 7.68. The van der Waals surface area contributed by atoms with Gasteiger partial charge in [-0.15, -0.1) is 0 Å². The van der Waals surface area contributed by atoms with E-state index in [0.29, 0.717) is 0 Å². The van der Waals surface area contributed by atoms with Crippen LogP contribution in [0.2, 0.25) is 0 Å². The molecule has 0 aromatic heterocycles. The third-order valence-corrected chi connectivity index (χ3v) is 1.91. The molecule has 4 N–H and O–H groups in total. The van der Waals surface area contributed by atoms with Gasteiger partial charge < -0.3 is 19.6 Å². The molecule has 11 heavy (non-hydrogen) atoms. The summed E-state index contributed by atoms with van der Waals surface area (Å²) in [5.74, 6) is 0. The van der Waals surface area contributed by atoms with Crippen LogP contribution in [0.25, 0.3) is 0 Å². The van der Waals surface area contributed by atoms with Gasteiger partial charge in [-0.2, -0.15) is 4.31 Å². The van der Waals surface area contributed by atoms with Crippen LogP contribution in [-0.2, 0) is 13.4 Å². The smallest absolute Gasteiger partial charge is 0.302 e. The molecule has 7 nitrogen and oxygen atoms in total. The lowest BCUT2D eigenvalue weighted by atomic mass is 15.7. The Morgan fingerprint density at radius 1 is 0.818 bits per heavy atom. The van der Waals surface area contributed by atoms with E-state index in [-0.39, 0.29) is 9.41 Å². The van der Waals surface area contributed by atoms with Crippen molar-refractivity contribution in [2.24, 2.45) is 0 Å². The largest absolute Gasteiger partial charge is 0.478 e. The van der Waals surface area contributed by atoms with Gasteiger partial charge in [-0.3, -0.25) is 9.41 Å². The summed E-state index contributed by atoms with van der Waals surface area (Å²) in [7, 11) is -10.1. The van der Waals surface area contributed by atoms with Gasteiger partial charge in [0.05, 0.1) is 0 Å². The van der Waals surface area contributed by atoms with Crippen molar-refractivity contribution in [3.8, 4) is 0 Å². The van der Waals surface area contributed by atoms with Crippen LogP contribution in [0.4, 0.5) is 9.41 Å². The summed E-state index contributed by atoms with van der Waals surface area (Å²) < 4.78 is 22.2. The molecule has 0 spiro atoms. The number of halogens is 2. The van der Waals surface area contributed by atoms with Crippen LogP contribution in [0.3, 0.4) is 0 Å². The molecule has 0 radical (unpaired) electrons. The van der Waals surface area contributed by atoms with E-state index >= 15 is 0 Å². The van der Waals surface area contributed by atoms with Crippen molar-refractivity contribution in [1.29, 1.82) is 0 Å². The van der Waals surface area contributed by atoms with Crippen LogP contribution in [0, 0.1) is 0 Å². The molecule has 0 unspecified atom stereocenters. The van der Waals surface area contributed by atoms with Gasteiger partial charge in [-0.25, -0.2) is 9.13 Å². The second-order valence-corrected chi connectivity index (χ2v) is 3.68. The fraction of sp³-hybridized carbons (Fsp3) is 0. The maximum atomic E-state index is 9.63. The number of hydrogen-bond acceptors (Lipinski definition) is 3. The zero-order chi connectivity index (χ0) is 7.71. The molecule has 0 aromatic rings. The summed E-state index contributed by atoms with van der Waals surface area (Å²) in [5, 5.41) is 0. The van der Waals surface area contributed by atoms with Crippen LogP contribution in [-0.4, -0.2) is 19.6 Å². The molecule has 0 saturated heterocycles. The molecule has 0 rings (SSSR count). The summed E-state index contributed by atoms with van der Waals surface area (Å²) in [5.41, 5.74) is 0. The molecule has 0 heterocycles. The fourth-order valence-corrected chi connectivity index (χ4v) is 1.25. The Morgan fingerprint density at radius 2 is 1.00 bits per heavy atom. The van der Waals surface area contributed by atoms with E-state index in [9.17, 15) is 9.13 Å². The predicted octanol–water partition coefficient (Wildman–Crippen LogP) is -0.507. The van der Waals surface area contributed by atoms with Crippen LogP contribution < -0.4 is 0 Å². The normalized spacial score (nSPS) is 11.3. The summed E-state index contributed by atoms with van der Waals surface area (Å²) in [4.78, 5) is 31.0. The van der Waals surface area contributed by atoms with Gasteiger partial charge in [0.15, 0.2) is 0 Å². The second-order valence-electron chi connectivity index (χ2n) is 1.06. The van der Waals surface area contributed by atoms with Gasteiger partial charge in [0.25, 0.3) is 0 Å². The fourth-order valence-electron chi connectivity index (χ4n) is 0.139. The first-order valence-corrected chi connectivity index (χ1v) is 4.59. The van der Waals surface area contributed by atoms with E-state index in [0.717, 1.165) is 0 Å². The Hall–Kier alpha value is 0.120. The molecular weight excluding hydrogens is 212 g/mol. The van der Waals surface area contributed by atoms with Crippen molar-refractivity contribution in [3.63, 3.8) is 0 Å². The highest BCUT2D eigenvalue weighted by Crippen LogP contribution is 2.53. The average Bonchev–Trinajstić information content (AvgIpc) is 1.14. The summed E-state index contributed by atoms with van der Waals surface area (Å²) >= 11 is 0. The van der Waals surface area contributed by atoms with Crippen molar-refractivity contribution in [2.75, 3.05) is 0 Å². The van der Waals surface area contributed by atoms with Gasteiger partial charge in [0.2, 0.25) is 0 Å². The maximum Gasteiger partial charge on any atom is 0.478 e. The highest BCUT2D eigenvalue weighted by Gasteiger charge is 2.27. The van der Waals surface area contributed by atoms with Gasteiger partial charge in [-0.05, 0) is 0 Å². The quantitative estimate of drug-likeness (QED) is 0.460. The first-order chi connectivity index (χ1) is 3.71. The summed E-state index contributed by atoms with van der Waals surface area (Å²) in [6.45, 7) is 0. The van der Waals surface area contributed by atoms with E-state index in [2.05, 4.69) is 4.31 Å². The van der Waals surface area contributed by atoms with E-state index < -0.39 is 15.6 Å². The molecule has 0 bridgehead atoms. The maximum absolute atomic E-state index is 9.63. The van der Waals surface area contributed by atoms with Crippen molar-refractivity contribution >= 4 is 15.6 Å². The van der Waals surface area contributed by atoms with E-state index in [1.54, 1.807) is 0 Å². The monoisotopic (exact) mass is 218 g/mol. The van der Waals surface area contributed by atoms with Gasteiger partial charge in [0.1, 0.15) is 0 Å². The van der Waals surface area contributed by atoms with E-state index in [1.807, 2.05) is 0 Å². The zero-order valence-electron chi connectivity index (χ0n) is 4.72. The molecule has 0 fully saturated rings. The molecule has 0 atom stereocenters. The van der Waals surface area contributed by atoms with Crippen LogP contribution in [0.15, 0.2) is 0 Å². The minimum absolute atomic E-state index is 0. The molecule has 11 heteroatoms. The lowest BCUT2D eigenvalue weighted by Crippen LogP contribution is -1.84. The average molecular weight is 218 g/mol. The molecule has 0 aliphatic rings. The highest BCUT2D eigenvalue weighted by molar-refractivity contribution is 7.60. The molecule has 0 aliphatic carbocycles. The predicted molar refractivity (Wildman–Crippen MR) is 30.2 cm³/mol. The molecule has 0 saturated carbocycles. The number of hydrogen-bond donors (Lipinski definition) is 4. The van der Waals surface area contributed by atoms with Crippen LogP contribution in [0.1, 0.15) is 0 Å². The molecule has 0 amide bonds. The molecule has 0 aromatic carbocycles. The van der Waals surface area contributed by atoms with Crippen molar-refractivity contribution in [2.45, 2.75) is 0 Å². The second kappa shape index (κ2) is 4.89. The lowest BCUT2D eigenvalue weighted by molar-refractivity contribution is 0.225. The van der Waals surface area contributed by atoms with Crippen LogP contribution in [0.5, 0.6) is 0 Å². The topological polar surface area (TPSA) is 124 Å². The Labute approximate surface area is 59.2 Å². The first-order valence-electron chi connectivity index (χ1n) is 1.53. The summed E-state index contributed by atoms with van der Waals surface area (Å²) in [6.07, 6.45) is 0.